The molecule has 0 saturated carbocycles. The molecule has 94 valence electrons. The number of carbonyl (C=O) groups excluding carboxylic acids is 1. The molecule has 7 nitrogen and oxygen atoms in total. The van der Waals surface area contributed by atoms with E-state index < -0.39 is 18.1 Å². The molecule has 17 heavy (non-hydrogen) atoms. The van der Waals surface area contributed by atoms with Gasteiger partial charge in [-0.2, -0.15) is 0 Å². The SMILES string of the molecule is CN(Cc1ccco1)C(=O)NCC(O)C(=O)O. The summed E-state index contributed by atoms with van der Waals surface area (Å²) in [6.45, 7) is -0.0708. The second-order valence-electron chi connectivity index (χ2n) is 3.48. The van der Waals surface area contributed by atoms with Crippen LogP contribution in [-0.2, 0) is 11.3 Å². The fourth-order valence-electron chi connectivity index (χ4n) is 1.11. The van der Waals surface area contributed by atoms with E-state index in [1.54, 1.807) is 12.1 Å². The van der Waals surface area contributed by atoms with Gasteiger partial charge in [-0.15, -0.1) is 0 Å². The Morgan fingerprint density at radius 3 is 2.82 bits per heavy atom. The molecule has 1 atom stereocenters. The maximum atomic E-state index is 11.5. The number of carboxylic acids is 1. The molecule has 2 amide bonds. The summed E-state index contributed by atoms with van der Waals surface area (Å²) in [6.07, 6.45) is -0.106. The zero-order valence-corrected chi connectivity index (χ0v) is 9.29. The molecule has 0 aliphatic carbocycles. The van der Waals surface area contributed by atoms with Crippen molar-refractivity contribution in [3.05, 3.63) is 24.2 Å². The van der Waals surface area contributed by atoms with Crippen molar-refractivity contribution in [1.29, 1.82) is 0 Å². The number of hydrogen-bond acceptors (Lipinski definition) is 4. The average molecular weight is 242 g/mol. The first-order valence-electron chi connectivity index (χ1n) is 4.93. The van der Waals surface area contributed by atoms with Crippen molar-refractivity contribution in [2.75, 3.05) is 13.6 Å². The van der Waals surface area contributed by atoms with E-state index in [-0.39, 0.29) is 13.1 Å². The summed E-state index contributed by atoms with van der Waals surface area (Å²) in [5.41, 5.74) is 0. The lowest BCUT2D eigenvalue weighted by atomic mass is 10.3. The van der Waals surface area contributed by atoms with Crippen molar-refractivity contribution in [1.82, 2.24) is 10.2 Å². The van der Waals surface area contributed by atoms with Crippen LogP contribution in [0.1, 0.15) is 5.76 Å². The highest BCUT2D eigenvalue weighted by atomic mass is 16.4. The van der Waals surface area contributed by atoms with Gasteiger partial charge in [-0.05, 0) is 12.1 Å². The first-order chi connectivity index (χ1) is 8.00. The fourth-order valence-corrected chi connectivity index (χ4v) is 1.11. The number of aliphatic hydroxyl groups excluding tert-OH is 1. The molecule has 1 rings (SSSR count). The molecule has 0 saturated heterocycles. The Labute approximate surface area is 97.6 Å². The monoisotopic (exact) mass is 242 g/mol. The third kappa shape index (κ3) is 4.15. The summed E-state index contributed by atoms with van der Waals surface area (Å²) < 4.78 is 5.05. The van der Waals surface area contributed by atoms with E-state index >= 15 is 0 Å². The maximum Gasteiger partial charge on any atom is 0.334 e. The van der Waals surface area contributed by atoms with Gasteiger partial charge in [-0.3, -0.25) is 0 Å². The molecule has 0 fully saturated rings. The van der Waals surface area contributed by atoms with Gasteiger partial charge in [-0.25, -0.2) is 9.59 Å². The molecule has 1 aromatic heterocycles. The first-order valence-corrected chi connectivity index (χ1v) is 4.93. The highest BCUT2D eigenvalue weighted by molar-refractivity contribution is 5.76. The van der Waals surface area contributed by atoms with Crippen LogP contribution in [0.3, 0.4) is 0 Å². The van der Waals surface area contributed by atoms with Crippen LogP contribution < -0.4 is 5.32 Å². The molecule has 0 aliphatic rings. The van der Waals surface area contributed by atoms with E-state index in [1.807, 2.05) is 0 Å². The number of carboxylic acid groups (broad SMARTS) is 1. The van der Waals surface area contributed by atoms with Crippen molar-refractivity contribution < 1.29 is 24.2 Å². The quantitative estimate of drug-likeness (QED) is 0.667. The van der Waals surface area contributed by atoms with Gasteiger partial charge >= 0.3 is 12.0 Å². The molecule has 7 heteroatoms. The predicted octanol–water partition coefficient (Wildman–Crippen LogP) is -0.134. The highest BCUT2D eigenvalue weighted by Crippen LogP contribution is 2.03. The van der Waals surface area contributed by atoms with Crippen LogP contribution in [-0.4, -0.2) is 46.8 Å². The Kier molecular flexibility index (Phi) is 4.53. The van der Waals surface area contributed by atoms with Crippen molar-refractivity contribution >= 4 is 12.0 Å². The summed E-state index contributed by atoms with van der Waals surface area (Å²) in [5, 5.41) is 19.7. The standard InChI is InChI=1S/C10H14N2O5/c1-12(6-7-3-2-4-17-7)10(16)11-5-8(13)9(14)15/h2-4,8,13H,5-6H2,1H3,(H,11,16)(H,14,15). The number of hydrogen-bond donors (Lipinski definition) is 3. The van der Waals surface area contributed by atoms with Crippen LogP contribution in [0.15, 0.2) is 22.8 Å². The van der Waals surface area contributed by atoms with Crippen LogP contribution in [0, 0.1) is 0 Å². The summed E-state index contributed by atoms with van der Waals surface area (Å²) in [7, 11) is 1.53. The summed E-state index contributed by atoms with van der Waals surface area (Å²) in [5.74, 6) is -0.763. The van der Waals surface area contributed by atoms with E-state index in [9.17, 15) is 9.59 Å². The smallest absolute Gasteiger partial charge is 0.334 e. The predicted molar refractivity (Wildman–Crippen MR) is 57.2 cm³/mol. The molecule has 1 unspecified atom stereocenters. The van der Waals surface area contributed by atoms with Crippen LogP contribution in [0.2, 0.25) is 0 Å². The molecule has 3 N–H and O–H groups in total. The van der Waals surface area contributed by atoms with Crippen molar-refractivity contribution in [3.8, 4) is 0 Å². The minimum Gasteiger partial charge on any atom is -0.479 e. The Bertz CT molecular complexity index is 376. The van der Waals surface area contributed by atoms with E-state index in [0.29, 0.717) is 5.76 Å². The number of nitrogens with one attached hydrogen (secondary N) is 1. The second-order valence-corrected chi connectivity index (χ2v) is 3.48. The molecule has 0 bridgehead atoms. The van der Waals surface area contributed by atoms with Gasteiger partial charge in [0.1, 0.15) is 5.76 Å². The third-order valence-electron chi connectivity index (χ3n) is 2.05. The molecule has 1 aromatic rings. The van der Waals surface area contributed by atoms with Gasteiger partial charge in [0.05, 0.1) is 19.4 Å². The van der Waals surface area contributed by atoms with Crippen molar-refractivity contribution in [2.24, 2.45) is 0 Å². The number of rotatable bonds is 5. The van der Waals surface area contributed by atoms with E-state index in [2.05, 4.69) is 5.32 Å². The lowest BCUT2D eigenvalue weighted by molar-refractivity contribution is -0.146. The summed E-state index contributed by atoms with van der Waals surface area (Å²) in [6, 6.07) is 2.94. The van der Waals surface area contributed by atoms with E-state index in [0.717, 1.165) is 0 Å². The number of furan rings is 1. The maximum absolute atomic E-state index is 11.5. The highest BCUT2D eigenvalue weighted by Gasteiger charge is 2.16. The van der Waals surface area contributed by atoms with Gasteiger partial charge < -0.3 is 24.8 Å². The van der Waals surface area contributed by atoms with Gasteiger partial charge in [0.2, 0.25) is 0 Å². The molecule has 1 heterocycles. The Morgan fingerprint density at radius 2 is 2.29 bits per heavy atom. The Balaban J connectivity index is 2.34. The summed E-state index contributed by atoms with van der Waals surface area (Å²) in [4.78, 5) is 23.1. The number of aliphatic carboxylic acids is 1. The zero-order valence-electron chi connectivity index (χ0n) is 9.29. The molecule has 0 aliphatic heterocycles. The summed E-state index contributed by atoms with van der Waals surface area (Å²) >= 11 is 0. The lowest BCUT2D eigenvalue weighted by Gasteiger charge is -2.17. The largest absolute Gasteiger partial charge is 0.479 e. The Morgan fingerprint density at radius 1 is 1.59 bits per heavy atom. The van der Waals surface area contributed by atoms with E-state index in [4.69, 9.17) is 14.6 Å². The number of urea groups is 1. The average Bonchev–Trinajstić information content (AvgIpc) is 2.77. The number of amides is 2. The van der Waals surface area contributed by atoms with Gasteiger partial charge in [-0.1, -0.05) is 0 Å². The molecule has 0 spiro atoms. The molecule has 0 radical (unpaired) electrons. The minimum atomic E-state index is -1.60. The minimum absolute atomic E-state index is 0.266. The van der Waals surface area contributed by atoms with Crippen molar-refractivity contribution in [3.63, 3.8) is 0 Å². The Hall–Kier alpha value is -2.02. The van der Waals surface area contributed by atoms with Gasteiger partial charge in [0, 0.05) is 7.05 Å². The van der Waals surface area contributed by atoms with Crippen LogP contribution >= 0.6 is 0 Å². The zero-order chi connectivity index (χ0) is 12.8. The normalized spacial score (nSPS) is 11.9. The van der Waals surface area contributed by atoms with E-state index in [1.165, 1.54) is 18.2 Å². The first kappa shape index (κ1) is 13.0. The number of nitrogens with zero attached hydrogens (tertiary/aromatic N) is 1. The van der Waals surface area contributed by atoms with Crippen LogP contribution in [0.5, 0.6) is 0 Å². The fraction of sp³-hybridized carbons (Fsp3) is 0.400. The number of carbonyl (C=O) groups is 2. The topological polar surface area (TPSA) is 103 Å². The second kappa shape index (κ2) is 5.90. The molecular formula is C10H14N2O5. The van der Waals surface area contributed by atoms with Crippen molar-refractivity contribution in [2.45, 2.75) is 12.6 Å². The number of aliphatic hydroxyl groups is 1. The molecule has 0 aromatic carbocycles. The lowest BCUT2D eigenvalue weighted by Crippen LogP contribution is -2.42. The van der Waals surface area contributed by atoms with Crippen LogP contribution in [0.25, 0.3) is 0 Å². The molecular weight excluding hydrogens is 228 g/mol. The third-order valence-corrected chi connectivity index (χ3v) is 2.05. The van der Waals surface area contributed by atoms with Gasteiger partial charge in [0.15, 0.2) is 6.10 Å². The van der Waals surface area contributed by atoms with Gasteiger partial charge in [0.25, 0.3) is 0 Å². The van der Waals surface area contributed by atoms with Crippen LogP contribution in [0.4, 0.5) is 4.79 Å².